The van der Waals surface area contributed by atoms with Crippen LogP contribution in [0.2, 0.25) is 0 Å². The van der Waals surface area contributed by atoms with Crippen molar-refractivity contribution in [3.63, 3.8) is 0 Å². The molecule has 0 aliphatic carbocycles. The van der Waals surface area contributed by atoms with Gasteiger partial charge < -0.3 is 15.4 Å². The van der Waals surface area contributed by atoms with Gasteiger partial charge in [-0.15, -0.1) is 0 Å². The van der Waals surface area contributed by atoms with Crippen molar-refractivity contribution >= 4 is 5.91 Å². The molecule has 1 saturated heterocycles. The molecule has 0 saturated carbocycles. The van der Waals surface area contributed by atoms with Crippen molar-refractivity contribution in [2.45, 2.75) is 31.8 Å². The van der Waals surface area contributed by atoms with Gasteiger partial charge in [-0.3, -0.25) is 4.79 Å². The van der Waals surface area contributed by atoms with Gasteiger partial charge in [0.25, 0.3) is 5.91 Å². The summed E-state index contributed by atoms with van der Waals surface area (Å²) in [6.45, 7) is 2.99. The Morgan fingerprint density at radius 2 is 1.92 bits per heavy atom. The minimum Gasteiger partial charge on any atom is -0.497 e. The molecule has 0 radical (unpaired) electrons. The number of carbonyl (C=O) groups excluding carboxylic acids is 1. The molecule has 2 N–H and O–H groups in total. The van der Waals surface area contributed by atoms with Gasteiger partial charge in [0.05, 0.1) is 12.7 Å². The molecule has 2 atom stereocenters. The maximum Gasteiger partial charge on any atom is 0.254 e. The first-order valence-electron chi connectivity index (χ1n) is 8.56. The monoisotopic (exact) mass is 342 g/mol. The highest BCUT2D eigenvalue weighted by molar-refractivity contribution is 5.95. The van der Waals surface area contributed by atoms with E-state index in [9.17, 15) is 9.18 Å². The second kappa shape index (κ2) is 7.66. The first-order chi connectivity index (χ1) is 12.1. The van der Waals surface area contributed by atoms with Gasteiger partial charge in [-0.1, -0.05) is 18.2 Å². The van der Waals surface area contributed by atoms with E-state index in [1.165, 1.54) is 6.07 Å². The zero-order chi connectivity index (χ0) is 17.8. The summed E-state index contributed by atoms with van der Waals surface area (Å²) >= 11 is 0. The van der Waals surface area contributed by atoms with Gasteiger partial charge in [-0.2, -0.15) is 0 Å². The first kappa shape index (κ1) is 17.4. The van der Waals surface area contributed by atoms with E-state index in [1.54, 1.807) is 19.2 Å². The largest absolute Gasteiger partial charge is 0.497 e. The van der Waals surface area contributed by atoms with Crippen LogP contribution >= 0.6 is 0 Å². The smallest absolute Gasteiger partial charge is 0.254 e. The van der Waals surface area contributed by atoms with Gasteiger partial charge in [-0.25, -0.2) is 4.39 Å². The maximum absolute atomic E-state index is 14.5. The predicted octanol–water partition coefficient (Wildman–Crippen LogP) is 3.37. The fourth-order valence-corrected chi connectivity index (χ4v) is 3.15. The third-order valence-corrected chi connectivity index (χ3v) is 4.72. The van der Waals surface area contributed by atoms with E-state index in [2.05, 4.69) is 10.6 Å². The Morgan fingerprint density at radius 1 is 1.20 bits per heavy atom. The second-order valence-electron chi connectivity index (χ2n) is 6.39. The van der Waals surface area contributed by atoms with Crippen LogP contribution in [0.5, 0.6) is 5.75 Å². The number of amides is 1. The minimum absolute atomic E-state index is 0.0296. The Balaban J connectivity index is 1.75. The molecule has 2 unspecified atom stereocenters. The lowest BCUT2D eigenvalue weighted by Crippen LogP contribution is -2.52. The van der Waals surface area contributed by atoms with Crippen LogP contribution in [0.3, 0.4) is 0 Å². The van der Waals surface area contributed by atoms with E-state index in [0.717, 1.165) is 36.3 Å². The van der Waals surface area contributed by atoms with Crippen LogP contribution in [-0.4, -0.2) is 31.6 Å². The van der Waals surface area contributed by atoms with Crippen LogP contribution in [0, 0.1) is 5.82 Å². The molecule has 0 bridgehead atoms. The maximum atomic E-state index is 14.5. The highest BCUT2D eigenvalue weighted by atomic mass is 19.1. The lowest BCUT2D eigenvalue weighted by molar-refractivity contribution is 0.0916. The van der Waals surface area contributed by atoms with Crippen LogP contribution in [-0.2, 0) is 0 Å². The molecule has 0 spiro atoms. The van der Waals surface area contributed by atoms with E-state index < -0.39 is 5.82 Å². The average Bonchev–Trinajstić information content (AvgIpc) is 2.63. The molecule has 1 heterocycles. The van der Waals surface area contributed by atoms with Gasteiger partial charge >= 0.3 is 0 Å². The molecule has 1 amide bonds. The number of benzene rings is 2. The fourth-order valence-electron chi connectivity index (χ4n) is 3.15. The summed E-state index contributed by atoms with van der Waals surface area (Å²) in [4.78, 5) is 12.4. The molecule has 3 rings (SSSR count). The Labute approximate surface area is 147 Å². The molecule has 132 valence electrons. The number of methoxy groups -OCH3 is 1. The van der Waals surface area contributed by atoms with E-state index in [1.807, 2.05) is 31.2 Å². The van der Waals surface area contributed by atoms with Crippen molar-refractivity contribution in [1.29, 1.82) is 0 Å². The summed E-state index contributed by atoms with van der Waals surface area (Å²) < 4.78 is 19.6. The van der Waals surface area contributed by atoms with Gasteiger partial charge in [0, 0.05) is 12.1 Å². The summed E-state index contributed by atoms with van der Waals surface area (Å²) in [6.07, 6.45) is 1.92. The van der Waals surface area contributed by atoms with Crippen LogP contribution in [0.1, 0.15) is 30.1 Å². The van der Waals surface area contributed by atoms with Gasteiger partial charge in [0.1, 0.15) is 11.6 Å². The number of hydrogen-bond acceptors (Lipinski definition) is 3. The summed E-state index contributed by atoms with van der Waals surface area (Å²) in [7, 11) is 1.60. The number of ether oxygens (including phenoxy) is 1. The molecule has 2 aromatic rings. The highest BCUT2D eigenvalue weighted by Gasteiger charge is 2.24. The van der Waals surface area contributed by atoms with Gasteiger partial charge in [-0.05, 0) is 61.7 Å². The fraction of sp³-hybridized carbons (Fsp3) is 0.350. The lowest BCUT2D eigenvalue weighted by atomic mass is 9.99. The Hall–Kier alpha value is -2.40. The van der Waals surface area contributed by atoms with Crippen molar-refractivity contribution < 1.29 is 13.9 Å². The Bertz CT molecular complexity index is 746. The predicted molar refractivity (Wildman–Crippen MR) is 96.3 cm³/mol. The molecular weight excluding hydrogens is 319 g/mol. The van der Waals surface area contributed by atoms with Crippen molar-refractivity contribution in [2.75, 3.05) is 13.7 Å². The summed E-state index contributed by atoms with van der Waals surface area (Å²) in [5.41, 5.74) is 1.68. The lowest BCUT2D eigenvalue weighted by Gasteiger charge is -2.30. The molecule has 4 nitrogen and oxygen atoms in total. The number of hydrogen-bond donors (Lipinski definition) is 2. The van der Waals surface area contributed by atoms with Crippen molar-refractivity contribution in [3.05, 3.63) is 53.8 Å². The molecule has 0 aromatic heterocycles. The molecule has 5 heteroatoms. The first-order valence-corrected chi connectivity index (χ1v) is 8.56. The van der Waals surface area contributed by atoms with Crippen LogP contribution in [0.4, 0.5) is 4.39 Å². The molecule has 25 heavy (non-hydrogen) atoms. The van der Waals surface area contributed by atoms with E-state index in [4.69, 9.17) is 4.74 Å². The summed E-state index contributed by atoms with van der Waals surface area (Å²) in [6, 6.07) is 12.3. The Kier molecular flexibility index (Phi) is 5.34. The second-order valence-corrected chi connectivity index (χ2v) is 6.39. The molecular formula is C20H23FN2O2. The van der Waals surface area contributed by atoms with Crippen molar-refractivity contribution in [3.8, 4) is 16.9 Å². The minimum atomic E-state index is -0.512. The van der Waals surface area contributed by atoms with Crippen LogP contribution in [0.25, 0.3) is 11.1 Å². The SMILES string of the molecule is COc1ccc(-c2ccc(C(=O)NC3CCCNC3C)c(F)c2)cc1. The molecule has 2 aromatic carbocycles. The molecule has 1 aliphatic heterocycles. The van der Waals surface area contributed by atoms with E-state index in [0.29, 0.717) is 0 Å². The third kappa shape index (κ3) is 3.99. The zero-order valence-electron chi connectivity index (χ0n) is 14.5. The van der Waals surface area contributed by atoms with Crippen molar-refractivity contribution in [2.24, 2.45) is 0 Å². The van der Waals surface area contributed by atoms with Gasteiger partial charge in [0.15, 0.2) is 0 Å². The number of piperidine rings is 1. The Morgan fingerprint density at radius 3 is 2.56 bits per heavy atom. The number of nitrogens with one attached hydrogen (secondary N) is 2. The quantitative estimate of drug-likeness (QED) is 0.896. The summed E-state index contributed by atoms with van der Waals surface area (Å²) in [5, 5.41) is 6.27. The number of halogens is 1. The van der Waals surface area contributed by atoms with Crippen LogP contribution < -0.4 is 15.4 Å². The van der Waals surface area contributed by atoms with Crippen LogP contribution in [0.15, 0.2) is 42.5 Å². The normalized spacial score (nSPS) is 20.1. The topological polar surface area (TPSA) is 50.4 Å². The van der Waals surface area contributed by atoms with Gasteiger partial charge in [0.2, 0.25) is 0 Å². The average molecular weight is 342 g/mol. The highest BCUT2D eigenvalue weighted by Crippen LogP contribution is 2.24. The molecule has 1 fully saturated rings. The van der Waals surface area contributed by atoms with E-state index in [-0.39, 0.29) is 23.6 Å². The number of rotatable bonds is 4. The third-order valence-electron chi connectivity index (χ3n) is 4.72. The zero-order valence-corrected chi connectivity index (χ0v) is 14.5. The van der Waals surface area contributed by atoms with E-state index >= 15 is 0 Å². The van der Waals surface area contributed by atoms with Crippen molar-refractivity contribution in [1.82, 2.24) is 10.6 Å². The molecule has 1 aliphatic rings. The standard InChI is InChI=1S/C20H23FN2O2/c1-13-19(4-3-11-22-13)23-20(24)17-10-7-15(12-18(17)21)14-5-8-16(25-2)9-6-14/h5-10,12-13,19,22H,3-4,11H2,1-2H3,(H,23,24). The summed E-state index contributed by atoms with van der Waals surface area (Å²) in [5.74, 6) is -0.128. The number of carbonyl (C=O) groups is 1.